The summed E-state index contributed by atoms with van der Waals surface area (Å²) >= 11 is 0. The third-order valence-electron chi connectivity index (χ3n) is 4.79. The zero-order valence-electron chi connectivity index (χ0n) is 16.1. The van der Waals surface area contributed by atoms with Crippen molar-refractivity contribution >= 4 is 11.6 Å². The Kier molecular flexibility index (Phi) is 4.86. The quantitative estimate of drug-likeness (QED) is 0.708. The van der Waals surface area contributed by atoms with Gasteiger partial charge in [0.1, 0.15) is 30.4 Å². The number of nitrogens with zero attached hydrogens (tertiary/aromatic N) is 9. The van der Waals surface area contributed by atoms with Gasteiger partial charge in [0.15, 0.2) is 5.82 Å². The molecule has 4 rings (SSSR count). The van der Waals surface area contributed by atoms with E-state index in [0.717, 1.165) is 24.7 Å². The summed E-state index contributed by atoms with van der Waals surface area (Å²) in [5.74, 6) is 2.62. The van der Waals surface area contributed by atoms with E-state index in [2.05, 4.69) is 53.7 Å². The molecule has 0 amide bonds. The largest absolute Gasteiger partial charge is 0.385 e. The van der Waals surface area contributed by atoms with Gasteiger partial charge in [-0.2, -0.15) is 14.8 Å². The first-order chi connectivity index (χ1) is 13.5. The zero-order chi connectivity index (χ0) is 19.7. The third kappa shape index (κ3) is 3.50. The van der Waals surface area contributed by atoms with Gasteiger partial charge in [-0.3, -0.25) is 0 Å². The molecule has 1 saturated heterocycles. The van der Waals surface area contributed by atoms with Crippen molar-refractivity contribution < 1.29 is 5.11 Å². The van der Waals surface area contributed by atoms with Crippen molar-refractivity contribution in [2.24, 2.45) is 0 Å². The maximum Gasteiger partial charge on any atom is 0.253 e. The lowest BCUT2D eigenvalue weighted by Gasteiger charge is -2.45. The standard InChI is InChI=1S/C18H23N9O/c1-12-8-25(15-4-7-21-18(24-15)26-11-19-10-22-26)9-13(2)27(12)16-5-6-20-17(23-16)14(3)28/h4-7,10-14,28H,8-9H2,1-3H3. The normalized spacial score (nSPS) is 21.0. The molecule has 0 spiro atoms. The summed E-state index contributed by atoms with van der Waals surface area (Å²) in [6.07, 6.45) is 5.79. The molecule has 3 unspecified atom stereocenters. The van der Waals surface area contributed by atoms with E-state index in [0.29, 0.717) is 11.8 Å². The van der Waals surface area contributed by atoms with Crippen molar-refractivity contribution in [1.29, 1.82) is 0 Å². The van der Waals surface area contributed by atoms with E-state index in [1.54, 1.807) is 30.3 Å². The van der Waals surface area contributed by atoms with E-state index in [-0.39, 0.29) is 12.1 Å². The summed E-state index contributed by atoms with van der Waals surface area (Å²) < 4.78 is 1.55. The topological polar surface area (TPSA) is 109 Å². The smallest absolute Gasteiger partial charge is 0.253 e. The average molecular weight is 381 g/mol. The second kappa shape index (κ2) is 7.47. The average Bonchev–Trinajstić information content (AvgIpc) is 3.23. The molecule has 4 heterocycles. The fraction of sp³-hybridized carbons (Fsp3) is 0.444. The van der Waals surface area contributed by atoms with Crippen LogP contribution >= 0.6 is 0 Å². The molecule has 28 heavy (non-hydrogen) atoms. The van der Waals surface area contributed by atoms with Gasteiger partial charge in [-0.1, -0.05) is 0 Å². The fourth-order valence-corrected chi connectivity index (χ4v) is 3.61. The number of aliphatic hydroxyl groups is 1. The number of piperazine rings is 1. The van der Waals surface area contributed by atoms with E-state index in [9.17, 15) is 5.11 Å². The summed E-state index contributed by atoms with van der Waals surface area (Å²) in [7, 11) is 0. The highest BCUT2D eigenvalue weighted by Crippen LogP contribution is 2.26. The van der Waals surface area contributed by atoms with Gasteiger partial charge in [-0.05, 0) is 32.9 Å². The monoisotopic (exact) mass is 381 g/mol. The number of aromatic nitrogens is 7. The molecule has 10 heteroatoms. The molecule has 1 aliphatic heterocycles. The lowest BCUT2D eigenvalue weighted by Crippen LogP contribution is -2.57. The van der Waals surface area contributed by atoms with Crippen molar-refractivity contribution in [3.05, 3.63) is 43.0 Å². The Hall–Kier alpha value is -3.14. The van der Waals surface area contributed by atoms with E-state index < -0.39 is 6.10 Å². The first-order valence-electron chi connectivity index (χ1n) is 9.25. The predicted octanol–water partition coefficient (Wildman–Crippen LogP) is 1.00. The van der Waals surface area contributed by atoms with Crippen molar-refractivity contribution in [1.82, 2.24) is 34.7 Å². The molecule has 0 aromatic carbocycles. The predicted molar refractivity (Wildman–Crippen MR) is 103 cm³/mol. The van der Waals surface area contributed by atoms with Gasteiger partial charge in [0, 0.05) is 37.6 Å². The minimum atomic E-state index is -0.692. The summed E-state index contributed by atoms with van der Waals surface area (Å²) in [6, 6.07) is 4.20. The molecule has 1 fully saturated rings. The Morgan fingerprint density at radius 2 is 1.75 bits per heavy atom. The second-order valence-corrected chi connectivity index (χ2v) is 7.01. The van der Waals surface area contributed by atoms with Crippen molar-refractivity contribution in [3.8, 4) is 5.95 Å². The molecule has 1 aliphatic rings. The minimum Gasteiger partial charge on any atom is -0.385 e. The van der Waals surface area contributed by atoms with Gasteiger partial charge in [0.25, 0.3) is 5.95 Å². The van der Waals surface area contributed by atoms with Crippen LogP contribution in [0.1, 0.15) is 32.7 Å². The third-order valence-corrected chi connectivity index (χ3v) is 4.79. The molecule has 3 aromatic heterocycles. The Balaban J connectivity index is 1.56. The number of aliphatic hydroxyl groups excluding tert-OH is 1. The van der Waals surface area contributed by atoms with Gasteiger partial charge in [0.05, 0.1) is 0 Å². The van der Waals surface area contributed by atoms with Crippen molar-refractivity contribution in [2.45, 2.75) is 39.0 Å². The van der Waals surface area contributed by atoms with Crippen LogP contribution in [0.2, 0.25) is 0 Å². The zero-order valence-corrected chi connectivity index (χ0v) is 16.1. The first-order valence-corrected chi connectivity index (χ1v) is 9.25. The molecule has 0 radical (unpaired) electrons. The van der Waals surface area contributed by atoms with Crippen LogP contribution in [-0.2, 0) is 0 Å². The minimum absolute atomic E-state index is 0.199. The van der Waals surface area contributed by atoms with E-state index in [4.69, 9.17) is 0 Å². The highest BCUT2D eigenvalue weighted by atomic mass is 16.3. The highest BCUT2D eigenvalue weighted by Gasteiger charge is 2.31. The van der Waals surface area contributed by atoms with E-state index >= 15 is 0 Å². The van der Waals surface area contributed by atoms with E-state index in [1.807, 2.05) is 12.1 Å². The molecule has 146 valence electrons. The highest BCUT2D eigenvalue weighted by molar-refractivity contribution is 5.47. The lowest BCUT2D eigenvalue weighted by molar-refractivity contribution is 0.189. The summed E-state index contributed by atoms with van der Waals surface area (Å²) in [5.41, 5.74) is 0. The van der Waals surface area contributed by atoms with Crippen LogP contribution in [0, 0.1) is 0 Å². The number of rotatable bonds is 4. The summed E-state index contributed by atoms with van der Waals surface area (Å²) in [4.78, 5) is 26.1. The van der Waals surface area contributed by atoms with Crippen LogP contribution in [-0.4, -0.2) is 65.0 Å². The molecule has 0 bridgehead atoms. The second-order valence-electron chi connectivity index (χ2n) is 7.01. The first kappa shape index (κ1) is 18.2. The molecule has 10 nitrogen and oxygen atoms in total. The van der Waals surface area contributed by atoms with E-state index in [1.165, 1.54) is 6.33 Å². The van der Waals surface area contributed by atoms with Gasteiger partial charge in [-0.15, -0.1) is 0 Å². The SMILES string of the molecule is CC(O)c1nccc(N2C(C)CN(c3ccnc(-n4cncn4)n3)CC2C)n1. The Labute approximate surface area is 162 Å². The lowest BCUT2D eigenvalue weighted by atomic mass is 10.1. The molecule has 3 aromatic rings. The van der Waals surface area contributed by atoms with Crippen LogP contribution in [0.25, 0.3) is 5.95 Å². The molecular formula is C18H23N9O. The van der Waals surface area contributed by atoms with Crippen molar-refractivity contribution in [2.75, 3.05) is 22.9 Å². The van der Waals surface area contributed by atoms with Gasteiger partial charge >= 0.3 is 0 Å². The Bertz CT molecular complexity index is 918. The van der Waals surface area contributed by atoms with Crippen LogP contribution < -0.4 is 9.80 Å². The molecule has 0 saturated carbocycles. The van der Waals surface area contributed by atoms with Crippen LogP contribution in [0.15, 0.2) is 37.2 Å². The van der Waals surface area contributed by atoms with Crippen molar-refractivity contribution in [3.63, 3.8) is 0 Å². The molecular weight excluding hydrogens is 358 g/mol. The maximum atomic E-state index is 9.80. The summed E-state index contributed by atoms with van der Waals surface area (Å²) in [6.45, 7) is 7.56. The fourth-order valence-electron chi connectivity index (χ4n) is 3.61. The van der Waals surface area contributed by atoms with Gasteiger partial charge in [-0.25, -0.2) is 19.9 Å². The van der Waals surface area contributed by atoms with Gasteiger partial charge in [0.2, 0.25) is 0 Å². The Morgan fingerprint density at radius 1 is 1.04 bits per heavy atom. The summed E-state index contributed by atoms with van der Waals surface area (Å²) in [5, 5.41) is 13.9. The van der Waals surface area contributed by atoms with Crippen LogP contribution in [0.3, 0.4) is 0 Å². The van der Waals surface area contributed by atoms with Gasteiger partial charge < -0.3 is 14.9 Å². The maximum absolute atomic E-state index is 9.80. The molecule has 0 aliphatic carbocycles. The molecule has 3 atom stereocenters. The van der Waals surface area contributed by atoms with Crippen LogP contribution in [0.5, 0.6) is 0 Å². The Morgan fingerprint density at radius 3 is 2.43 bits per heavy atom. The number of hydrogen-bond acceptors (Lipinski definition) is 9. The van der Waals surface area contributed by atoms with Crippen LogP contribution in [0.4, 0.5) is 11.6 Å². The number of anilines is 2. The number of hydrogen-bond donors (Lipinski definition) is 1. The molecule has 1 N–H and O–H groups in total.